The zero-order valence-corrected chi connectivity index (χ0v) is 31.4. The van der Waals surface area contributed by atoms with Gasteiger partial charge in [0.1, 0.15) is 34.9 Å². The van der Waals surface area contributed by atoms with Crippen LogP contribution in [0.25, 0.3) is 34.1 Å². The average molecular weight is 846 g/mol. The van der Waals surface area contributed by atoms with Crippen LogP contribution < -0.4 is 31.6 Å². The summed E-state index contributed by atoms with van der Waals surface area (Å²) in [6.45, 7) is -4.38. The molecule has 5 aromatic heterocycles. The summed E-state index contributed by atoms with van der Waals surface area (Å²) < 4.78 is 103. The van der Waals surface area contributed by atoms with E-state index >= 15 is 0 Å². The average Bonchev–Trinajstić information content (AvgIpc) is 3.90. The largest absolute Gasteiger partial charge is 0.435 e. The fourth-order valence-corrected chi connectivity index (χ4v) is 6.20. The minimum absolute atomic E-state index is 0.0162. The van der Waals surface area contributed by atoms with Crippen molar-refractivity contribution in [3.63, 3.8) is 0 Å². The SMILES string of the molecule is Cc1nc2ncccc2n1-c1nc(N)c(F)c(Nc2ccc(OC(F)F)c(F)c2)n1.Nc1cc(Nc2ccc(OC(F)F)cc2)nc(-n2c(C3CC3)nc3ccc(F)cc32)n1. The van der Waals surface area contributed by atoms with Crippen LogP contribution in [-0.4, -0.2) is 57.2 Å². The molecule has 22 heteroatoms. The molecule has 0 unspecified atom stereocenters. The van der Waals surface area contributed by atoms with Gasteiger partial charge in [0.15, 0.2) is 28.8 Å². The predicted octanol–water partition coefficient (Wildman–Crippen LogP) is 8.48. The number of benzene rings is 3. The van der Waals surface area contributed by atoms with Crippen molar-refractivity contribution >= 4 is 56.8 Å². The first-order valence-electron chi connectivity index (χ1n) is 18.1. The summed E-state index contributed by atoms with van der Waals surface area (Å²) in [7, 11) is 0. The number of rotatable bonds is 11. The maximum absolute atomic E-state index is 14.5. The third kappa shape index (κ3) is 8.82. The molecule has 0 atom stereocenters. The lowest BCUT2D eigenvalue weighted by atomic mass is 10.3. The lowest BCUT2D eigenvalue weighted by Gasteiger charge is -2.12. The number of pyridine rings is 1. The lowest BCUT2D eigenvalue weighted by molar-refractivity contribution is -0.0523. The van der Waals surface area contributed by atoms with E-state index in [1.54, 1.807) is 54.1 Å². The van der Waals surface area contributed by atoms with Crippen molar-refractivity contribution in [2.45, 2.75) is 38.9 Å². The minimum Gasteiger partial charge on any atom is -0.435 e. The van der Waals surface area contributed by atoms with Crippen LogP contribution in [-0.2, 0) is 0 Å². The second-order valence-electron chi connectivity index (χ2n) is 13.3. The molecule has 1 saturated carbocycles. The first-order chi connectivity index (χ1) is 29.3. The van der Waals surface area contributed by atoms with Gasteiger partial charge in [0.25, 0.3) is 0 Å². The fourth-order valence-electron chi connectivity index (χ4n) is 6.20. The summed E-state index contributed by atoms with van der Waals surface area (Å²) in [5, 5.41) is 5.64. The van der Waals surface area contributed by atoms with Gasteiger partial charge in [0, 0.05) is 41.7 Å². The number of aryl methyl sites for hydroxylation is 1. The van der Waals surface area contributed by atoms with E-state index in [-0.39, 0.29) is 46.7 Å². The van der Waals surface area contributed by atoms with Gasteiger partial charge in [-0.05, 0) is 80.4 Å². The van der Waals surface area contributed by atoms with Gasteiger partial charge < -0.3 is 31.6 Å². The van der Waals surface area contributed by atoms with E-state index in [2.05, 4.69) is 55.0 Å². The molecular formula is C39H30F7N13O2. The van der Waals surface area contributed by atoms with Gasteiger partial charge in [-0.2, -0.15) is 41.9 Å². The molecule has 0 aliphatic heterocycles. The van der Waals surface area contributed by atoms with Crippen molar-refractivity contribution in [1.29, 1.82) is 0 Å². The molecule has 5 heterocycles. The Morgan fingerprint density at radius 1 is 0.721 bits per heavy atom. The van der Waals surface area contributed by atoms with Crippen LogP contribution in [0.3, 0.4) is 0 Å². The van der Waals surface area contributed by atoms with Crippen LogP contribution in [0.4, 0.5) is 65.4 Å². The first-order valence-corrected chi connectivity index (χ1v) is 18.1. The fraction of sp³-hybridized carbons (Fsp3) is 0.154. The maximum Gasteiger partial charge on any atom is 0.387 e. The number of nitrogens with two attached hydrogens (primary N) is 2. The molecule has 8 aromatic rings. The molecule has 15 nitrogen and oxygen atoms in total. The summed E-state index contributed by atoms with van der Waals surface area (Å²) in [5.41, 5.74) is 14.6. The minimum atomic E-state index is -3.18. The molecule has 1 aliphatic rings. The number of ether oxygens (including phenoxy) is 2. The number of nitrogen functional groups attached to an aromatic ring is 2. The summed E-state index contributed by atoms with van der Waals surface area (Å²) >= 11 is 0. The lowest BCUT2D eigenvalue weighted by Crippen LogP contribution is -2.11. The number of hydrogen-bond donors (Lipinski definition) is 4. The van der Waals surface area contributed by atoms with Crippen molar-refractivity contribution < 1.29 is 40.2 Å². The van der Waals surface area contributed by atoms with E-state index in [0.29, 0.717) is 39.5 Å². The number of nitrogens with one attached hydrogen (secondary N) is 2. The van der Waals surface area contributed by atoms with Crippen molar-refractivity contribution in [2.24, 2.45) is 0 Å². The van der Waals surface area contributed by atoms with E-state index < -0.39 is 36.4 Å². The topological polar surface area (TPSA) is 195 Å². The van der Waals surface area contributed by atoms with E-state index in [1.807, 2.05) is 0 Å². The number of alkyl halides is 4. The van der Waals surface area contributed by atoms with Gasteiger partial charge in [0.2, 0.25) is 17.7 Å². The molecule has 9 rings (SSSR count). The second kappa shape index (κ2) is 16.5. The third-order valence-electron chi connectivity index (χ3n) is 8.95. The van der Waals surface area contributed by atoms with Crippen LogP contribution in [0.15, 0.2) is 85.1 Å². The molecule has 0 saturated heterocycles. The number of halogens is 7. The Morgan fingerprint density at radius 3 is 2.18 bits per heavy atom. The van der Waals surface area contributed by atoms with E-state index in [1.165, 1.54) is 34.9 Å². The highest BCUT2D eigenvalue weighted by atomic mass is 19.3. The molecule has 0 bridgehead atoms. The van der Waals surface area contributed by atoms with Crippen molar-refractivity contribution in [1.82, 2.24) is 44.0 Å². The van der Waals surface area contributed by atoms with Gasteiger partial charge in [-0.3, -0.25) is 9.13 Å². The Kier molecular flexibility index (Phi) is 10.8. The number of nitrogens with zero attached hydrogens (tertiary/aromatic N) is 9. The Bertz CT molecular complexity index is 2890. The summed E-state index contributed by atoms with van der Waals surface area (Å²) in [5.74, 6) is -1.40. The zero-order chi connectivity index (χ0) is 42.9. The summed E-state index contributed by atoms with van der Waals surface area (Å²) in [6, 6.07) is 18.4. The molecule has 312 valence electrons. The van der Waals surface area contributed by atoms with Gasteiger partial charge in [0.05, 0.1) is 16.6 Å². The van der Waals surface area contributed by atoms with E-state index in [9.17, 15) is 30.7 Å². The van der Waals surface area contributed by atoms with Crippen LogP contribution in [0.5, 0.6) is 11.5 Å². The zero-order valence-electron chi connectivity index (χ0n) is 31.4. The van der Waals surface area contributed by atoms with Crippen LogP contribution >= 0.6 is 0 Å². The van der Waals surface area contributed by atoms with Crippen molar-refractivity contribution in [3.05, 3.63) is 114 Å². The number of aromatic nitrogens is 9. The highest BCUT2D eigenvalue weighted by Crippen LogP contribution is 2.42. The Labute approximate surface area is 339 Å². The smallest absolute Gasteiger partial charge is 0.387 e. The number of anilines is 6. The molecule has 0 amide bonds. The Balaban J connectivity index is 0.000000169. The summed E-state index contributed by atoms with van der Waals surface area (Å²) in [6.07, 6.45) is 3.56. The van der Waals surface area contributed by atoms with Gasteiger partial charge in [-0.25, -0.2) is 23.7 Å². The highest BCUT2D eigenvalue weighted by Gasteiger charge is 2.31. The molecule has 1 fully saturated rings. The molecule has 1 aliphatic carbocycles. The van der Waals surface area contributed by atoms with Crippen LogP contribution in [0.2, 0.25) is 0 Å². The van der Waals surface area contributed by atoms with E-state index in [0.717, 1.165) is 30.8 Å². The van der Waals surface area contributed by atoms with Gasteiger partial charge in [-0.1, -0.05) is 0 Å². The molecule has 3 aromatic carbocycles. The standard InChI is InChI=1S/C21H17F3N6O.C18H13F4N7O/c22-12-3-8-15-16(9-12)30(19(27-15)11-1-2-11)21-28-17(25)10-18(29-21)26-13-4-6-14(7-5-13)31-20(23)24;1-8-25-15-11(3-2-6-24-15)29(8)18-27-14(23)13(20)16(28-18)26-9-4-5-12(10(19)7-9)30-17(21)22/h3-11,20H,1-2H2,(H3,25,26,28,29);2-7,17H,1H3,(H3,23,26,27,28). The van der Waals surface area contributed by atoms with Crippen molar-refractivity contribution in [2.75, 3.05) is 22.1 Å². The molecule has 0 spiro atoms. The number of fused-ring (bicyclic) bond motifs is 2. The monoisotopic (exact) mass is 845 g/mol. The predicted molar refractivity (Wildman–Crippen MR) is 209 cm³/mol. The molecule has 61 heavy (non-hydrogen) atoms. The summed E-state index contributed by atoms with van der Waals surface area (Å²) in [4.78, 5) is 30.1. The molecule has 6 N–H and O–H groups in total. The van der Waals surface area contributed by atoms with Gasteiger partial charge in [-0.15, -0.1) is 0 Å². The third-order valence-corrected chi connectivity index (χ3v) is 8.95. The maximum atomic E-state index is 14.5. The second-order valence-corrected chi connectivity index (χ2v) is 13.3. The number of hydrogen-bond acceptors (Lipinski definition) is 13. The highest BCUT2D eigenvalue weighted by molar-refractivity contribution is 5.78. The van der Waals surface area contributed by atoms with Gasteiger partial charge >= 0.3 is 13.2 Å². The van der Waals surface area contributed by atoms with Crippen LogP contribution in [0.1, 0.15) is 30.4 Å². The normalized spacial score (nSPS) is 12.5. The van der Waals surface area contributed by atoms with E-state index in [4.69, 9.17) is 11.5 Å². The quantitative estimate of drug-likeness (QED) is 0.0907. The molecular weight excluding hydrogens is 816 g/mol. The Morgan fingerprint density at radius 2 is 1.46 bits per heavy atom. The first kappa shape index (κ1) is 40.0. The Hall–Kier alpha value is -7.78. The van der Waals surface area contributed by atoms with Crippen LogP contribution in [0, 0.1) is 24.4 Å². The number of imidazole rings is 2. The molecule has 0 radical (unpaired) electrons. The van der Waals surface area contributed by atoms with Crippen molar-refractivity contribution in [3.8, 4) is 23.4 Å².